The second kappa shape index (κ2) is 6.58. The van der Waals surface area contributed by atoms with Crippen LogP contribution in [0.5, 0.6) is 0 Å². The standard InChI is InChI=1S/C16H24ClN/c1-12(2)10-18-11-14-4-3-5-16(14)13-6-8-15(17)9-7-13/h6-9,12,14,16,18H,3-5,10-11H2,1-2H3. The van der Waals surface area contributed by atoms with Gasteiger partial charge in [0, 0.05) is 5.02 Å². The molecule has 1 fully saturated rings. The number of rotatable bonds is 5. The molecule has 0 radical (unpaired) electrons. The molecule has 0 bridgehead atoms. The van der Waals surface area contributed by atoms with Crippen LogP contribution in [0.15, 0.2) is 24.3 Å². The van der Waals surface area contributed by atoms with Gasteiger partial charge in [0.25, 0.3) is 0 Å². The van der Waals surface area contributed by atoms with E-state index in [1.807, 2.05) is 12.1 Å². The molecule has 0 aromatic heterocycles. The molecule has 0 heterocycles. The highest BCUT2D eigenvalue weighted by atomic mass is 35.5. The number of benzene rings is 1. The minimum atomic E-state index is 0.724. The number of halogens is 1. The van der Waals surface area contributed by atoms with Crippen LogP contribution in [0.4, 0.5) is 0 Å². The van der Waals surface area contributed by atoms with Crippen molar-refractivity contribution >= 4 is 11.6 Å². The first-order chi connectivity index (χ1) is 8.66. The number of hydrogen-bond donors (Lipinski definition) is 1. The number of nitrogens with one attached hydrogen (secondary N) is 1. The summed E-state index contributed by atoms with van der Waals surface area (Å²) in [5, 5.41) is 4.45. The SMILES string of the molecule is CC(C)CNCC1CCCC1c1ccc(Cl)cc1. The third-order valence-electron chi connectivity index (χ3n) is 3.92. The third kappa shape index (κ3) is 3.73. The largest absolute Gasteiger partial charge is 0.316 e. The van der Waals surface area contributed by atoms with Crippen LogP contribution >= 0.6 is 11.6 Å². The van der Waals surface area contributed by atoms with Crippen molar-refractivity contribution in [2.75, 3.05) is 13.1 Å². The van der Waals surface area contributed by atoms with Gasteiger partial charge in [0.2, 0.25) is 0 Å². The maximum Gasteiger partial charge on any atom is 0.0406 e. The lowest BCUT2D eigenvalue weighted by atomic mass is 9.89. The van der Waals surface area contributed by atoms with E-state index in [2.05, 4.69) is 31.3 Å². The molecule has 1 aliphatic carbocycles. The van der Waals surface area contributed by atoms with E-state index in [0.717, 1.165) is 35.9 Å². The normalized spacial score (nSPS) is 23.8. The van der Waals surface area contributed by atoms with Gasteiger partial charge >= 0.3 is 0 Å². The molecular formula is C16H24ClN. The summed E-state index contributed by atoms with van der Waals surface area (Å²) in [6, 6.07) is 8.45. The molecule has 0 amide bonds. The molecule has 2 atom stereocenters. The fraction of sp³-hybridized carbons (Fsp3) is 0.625. The quantitative estimate of drug-likeness (QED) is 0.828. The predicted molar refractivity (Wildman–Crippen MR) is 79.2 cm³/mol. The summed E-state index contributed by atoms with van der Waals surface area (Å²) in [6.07, 6.45) is 4.05. The van der Waals surface area contributed by atoms with Crippen molar-refractivity contribution in [1.29, 1.82) is 0 Å². The van der Waals surface area contributed by atoms with Gasteiger partial charge in [-0.25, -0.2) is 0 Å². The topological polar surface area (TPSA) is 12.0 Å². The van der Waals surface area contributed by atoms with E-state index in [1.165, 1.54) is 24.8 Å². The Bertz CT molecular complexity index is 358. The molecule has 1 aromatic rings. The van der Waals surface area contributed by atoms with Crippen LogP contribution in [-0.4, -0.2) is 13.1 Å². The van der Waals surface area contributed by atoms with Crippen LogP contribution < -0.4 is 5.32 Å². The lowest BCUT2D eigenvalue weighted by Gasteiger charge is -2.21. The molecule has 2 rings (SSSR count). The van der Waals surface area contributed by atoms with Crippen LogP contribution in [0.25, 0.3) is 0 Å². The van der Waals surface area contributed by atoms with Gasteiger partial charge in [-0.05, 0) is 61.4 Å². The summed E-state index contributed by atoms with van der Waals surface area (Å²) in [4.78, 5) is 0. The monoisotopic (exact) mass is 265 g/mol. The van der Waals surface area contributed by atoms with Crippen LogP contribution in [0.2, 0.25) is 5.02 Å². The fourth-order valence-corrected chi connectivity index (χ4v) is 3.11. The Balaban J connectivity index is 1.92. The van der Waals surface area contributed by atoms with Gasteiger partial charge in [0.1, 0.15) is 0 Å². The summed E-state index contributed by atoms with van der Waals surface area (Å²) in [6.45, 7) is 6.81. The van der Waals surface area contributed by atoms with Crippen molar-refractivity contribution < 1.29 is 0 Å². The third-order valence-corrected chi connectivity index (χ3v) is 4.17. The summed E-state index contributed by atoms with van der Waals surface area (Å²) in [7, 11) is 0. The zero-order valence-electron chi connectivity index (χ0n) is 11.5. The molecule has 0 spiro atoms. The van der Waals surface area contributed by atoms with E-state index in [4.69, 9.17) is 11.6 Å². The summed E-state index contributed by atoms with van der Waals surface area (Å²) < 4.78 is 0. The highest BCUT2D eigenvalue weighted by molar-refractivity contribution is 6.30. The molecule has 1 aromatic carbocycles. The molecule has 1 N–H and O–H groups in total. The minimum absolute atomic E-state index is 0.724. The zero-order valence-corrected chi connectivity index (χ0v) is 12.2. The molecule has 2 heteroatoms. The molecule has 2 unspecified atom stereocenters. The van der Waals surface area contributed by atoms with Crippen molar-refractivity contribution in [2.45, 2.75) is 39.0 Å². The first-order valence-electron chi connectivity index (χ1n) is 7.13. The maximum absolute atomic E-state index is 5.96. The lowest BCUT2D eigenvalue weighted by molar-refractivity contribution is 0.425. The van der Waals surface area contributed by atoms with E-state index >= 15 is 0 Å². The highest BCUT2D eigenvalue weighted by Gasteiger charge is 2.27. The molecule has 1 nitrogen and oxygen atoms in total. The smallest absolute Gasteiger partial charge is 0.0406 e. The summed E-state index contributed by atoms with van der Waals surface area (Å²) in [5.74, 6) is 2.26. The van der Waals surface area contributed by atoms with E-state index in [-0.39, 0.29) is 0 Å². The lowest BCUT2D eigenvalue weighted by Crippen LogP contribution is -2.27. The molecule has 1 saturated carbocycles. The highest BCUT2D eigenvalue weighted by Crippen LogP contribution is 2.39. The molecule has 0 saturated heterocycles. The van der Waals surface area contributed by atoms with E-state index in [9.17, 15) is 0 Å². The van der Waals surface area contributed by atoms with Crippen molar-refractivity contribution in [3.05, 3.63) is 34.9 Å². The fourth-order valence-electron chi connectivity index (χ4n) is 2.99. The van der Waals surface area contributed by atoms with Gasteiger partial charge in [-0.15, -0.1) is 0 Å². The molecule has 0 aliphatic heterocycles. The Morgan fingerprint density at radius 1 is 1.22 bits per heavy atom. The Morgan fingerprint density at radius 2 is 1.94 bits per heavy atom. The average molecular weight is 266 g/mol. The number of hydrogen-bond acceptors (Lipinski definition) is 1. The Kier molecular flexibility index (Phi) is 5.08. The van der Waals surface area contributed by atoms with E-state index < -0.39 is 0 Å². The minimum Gasteiger partial charge on any atom is -0.316 e. The molecular weight excluding hydrogens is 242 g/mol. The van der Waals surface area contributed by atoms with Gasteiger partial charge in [-0.1, -0.05) is 44.0 Å². The predicted octanol–water partition coefficient (Wildman–Crippen LogP) is 4.47. The van der Waals surface area contributed by atoms with E-state index in [1.54, 1.807) is 0 Å². The van der Waals surface area contributed by atoms with Crippen LogP contribution in [0.1, 0.15) is 44.6 Å². The van der Waals surface area contributed by atoms with Gasteiger partial charge in [-0.2, -0.15) is 0 Å². The Morgan fingerprint density at radius 3 is 2.61 bits per heavy atom. The van der Waals surface area contributed by atoms with Gasteiger partial charge in [0.05, 0.1) is 0 Å². The van der Waals surface area contributed by atoms with Crippen molar-refractivity contribution in [3.8, 4) is 0 Å². The maximum atomic E-state index is 5.96. The van der Waals surface area contributed by atoms with Crippen LogP contribution in [-0.2, 0) is 0 Å². The van der Waals surface area contributed by atoms with Crippen LogP contribution in [0, 0.1) is 11.8 Å². The summed E-state index contributed by atoms with van der Waals surface area (Å²) in [5.41, 5.74) is 1.47. The zero-order chi connectivity index (χ0) is 13.0. The molecule has 1 aliphatic rings. The summed E-state index contributed by atoms with van der Waals surface area (Å²) >= 11 is 5.96. The first kappa shape index (κ1) is 13.9. The second-order valence-electron chi connectivity index (χ2n) is 5.90. The van der Waals surface area contributed by atoms with Crippen LogP contribution in [0.3, 0.4) is 0 Å². The van der Waals surface area contributed by atoms with Crippen molar-refractivity contribution in [2.24, 2.45) is 11.8 Å². The van der Waals surface area contributed by atoms with Gasteiger partial charge in [0.15, 0.2) is 0 Å². The van der Waals surface area contributed by atoms with E-state index in [0.29, 0.717) is 0 Å². The first-order valence-corrected chi connectivity index (χ1v) is 7.51. The molecule has 100 valence electrons. The average Bonchev–Trinajstić information content (AvgIpc) is 2.78. The second-order valence-corrected chi connectivity index (χ2v) is 6.34. The van der Waals surface area contributed by atoms with Crippen molar-refractivity contribution in [3.63, 3.8) is 0 Å². The Hall–Kier alpha value is -0.530. The van der Waals surface area contributed by atoms with Gasteiger partial charge < -0.3 is 5.32 Å². The van der Waals surface area contributed by atoms with Crippen molar-refractivity contribution in [1.82, 2.24) is 5.32 Å². The van der Waals surface area contributed by atoms with Gasteiger partial charge in [-0.3, -0.25) is 0 Å². The Labute approximate surface area is 116 Å². The molecule has 18 heavy (non-hydrogen) atoms.